The Hall–Kier alpha value is -2.94. The predicted molar refractivity (Wildman–Crippen MR) is 120 cm³/mol. The lowest BCUT2D eigenvalue weighted by Crippen LogP contribution is -2.38. The van der Waals surface area contributed by atoms with Gasteiger partial charge in [-0.15, -0.1) is 11.3 Å². The van der Waals surface area contributed by atoms with Crippen molar-refractivity contribution in [2.24, 2.45) is 4.99 Å². The number of nitrogens with one attached hydrogen (secondary N) is 2. The summed E-state index contributed by atoms with van der Waals surface area (Å²) >= 11 is 7.49. The first-order valence-electron chi connectivity index (χ1n) is 9.32. The Morgan fingerprint density at radius 3 is 2.77 bits per heavy atom. The minimum atomic E-state index is -0.638. The van der Waals surface area contributed by atoms with Crippen molar-refractivity contribution in [1.29, 1.82) is 0 Å². The van der Waals surface area contributed by atoms with E-state index < -0.39 is 6.10 Å². The largest absolute Gasteiger partial charge is 0.386 e. The first-order valence-corrected chi connectivity index (χ1v) is 10.5. The Balaban J connectivity index is 1.31. The fraction of sp³-hybridized carbons (Fsp3) is 0.190. The number of aromatic nitrogens is 2. The van der Waals surface area contributed by atoms with Crippen molar-refractivity contribution in [3.63, 3.8) is 0 Å². The molecule has 0 amide bonds. The van der Waals surface area contributed by atoms with Crippen molar-refractivity contribution in [2.45, 2.75) is 12.6 Å². The number of hydrogen-bond donors (Lipinski definition) is 3. The first kappa shape index (κ1) is 20.3. The average Bonchev–Trinajstić information content (AvgIpc) is 3.41. The molecule has 30 heavy (non-hydrogen) atoms. The second-order valence-electron chi connectivity index (χ2n) is 6.53. The van der Waals surface area contributed by atoms with E-state index in [-0.39, 0.29) is 0 Å². The molecule has 0 aliphatic heterocycles. The highest BCUT2D eigenvalue weighted by atomic mass is 35.5. The topological polar surface area (TPSA) is 95.6 Å². The van der Waals surface area contributed by atoms with Gasteiger partial charge in [0.05, 0.1) is 6.54 Å². The molecule has 2 heterocycles. The summed E-state index contributed by atoms with van der Waals surface area (Å²) in [4.78, 5) is 9.44. The molecule has 0 saturated heterocycles. The van der Waals surface area contributed by atoms with Crippen LogP contribution in [0.1, 0.15) is 16.9 Å². The summed E-state index contributed by atoms with van der Waals surface area (Å²) in [5, 5.41) is 22.5. The fourth-order valence-corrected chi connectivity index (χ4v) is 4.06. The number of guanidine groups is 1. The smallest absolute Gasteiger partial charge is 0.246 e. The summed E-state index contributed by atoms with van der Waals surface area (Å²) in [6, 6.07) is 17.3. The third-order valence-corrected chi connectivity index (χ3v) is 5.91. The second-order valence-corrected chi connectivity index (χ2v) is 8.08. The molecule has 1 unspecified atom stereocenters. The van der Waals surface area contributed by atoms with Crippen molar-refractivity contribution in [1.82, 2.24) is 20.8 Å². The molecule has 0 aliphatic carbocycles. The third-order valence-electron chi connectivity index (χ3n) is 4.44. The van der Waals surface area contributed by atoms with E-state index in [9.17, 15) is 5.11 Å². The van der Waals surface area contributed by atoms with Gasteiger partial charge in [0.1, 0.15) is 6.10 Å². The summed E-state index contributed by atoms with van der Waals surface area (Å²) in [5.74, 6) is 1.45. The van der Waals surface area contributed by atoms with Gasteiger partial charge >= 0.3 is 0 Å². The lowest BCUT2D eigenvalue weighted by molar-refractivity contribution is 0.184. The van der Waals surface area contributed by atoms with Gasteiger partial charge in [0.2, 0.25) is 11.7 Å². The summed E-state index contributed by atoms with van der Waals surface area (Å²) < 4.78 is 6.44. The zero-order valence-corrected chi connectivity index (χ0v) is 17.7. The van der Waals surface area contributed by atoms with Gasteiger partial charge in [-0.05, 0) is 41.8 Å². The van der Waals surface area contributed by atoms with Crippen molar-refractivity contribution in [3.05, 3.63) is 70.4 Å². The molecular weight excluding hydrogens is 422 g/mol. The van der Waals surface area contributed by atoms with Crippen LogP contribution >= 0.6 is 22.9 Å². The van der Waals surface area contributed by atoms with Crippen LogP contribution in [0.4, 0.5) is 0 Å². The molecule has 0 aliphatic rings. The first-order chi connectivity index (χ1) is 14.6. The average molecular weight is 442 g/mol. The second kappa shape index (κ2) is 9.25. The van der Waals surface area contributed by atoms with E-state index in [1.54, 1.807) is 30.5 Å². The summed E-state index contributed by atoms with van der Waals surface area (Å²) in [5.41, 5.74) is 0.823. The van der Waals surface area contributed by atoms with Crippen LogP contribution in [0.2, 0.25) is 5.02 Å². The van der Waals surface area contributed by atoms with Crippen LogP contribution < -0.4 is 10.6 Å². The molecule has 2 aromatic carbocycles. The number of aliphatic hydroxyl groups is 1. The van der Waals surface area contributed by atoms with Gasteiger partial charge in [0.25, 0.3) is 0 Å². The molecule has 0 bridgehead atoms. The van der Waals surface area contributed by atoms with Crippen LogP contribution in [0.15, 0.2) is 64.1 Å². The molecule has 4 rings (SSSR count). The molecule has 2 aromatic heterocycles. The van der Waals surface area contributed by atoms with Gasteiger partial charge in [-0.1, -0.05) is 35.0 Å². The molecule has 0 radical (unpaired) electrons. The summed E-state index contributed by atoms with van der Waals surface area (Å²) in [7, 11) is 1.66. The zero-order valence-electron chi connectivity index (χ0n) is 16.2. The fourth-order valence-electron chi connectivity index (χ4n) is 2.88. The number of thiophene rings is 1. The molecule has 4 aromatic rings. The third kappa shape index (κ3) is 4.79. The van der Waals surface area contributed by atoms with E-state index in [2.05, 4.69) is 25.8 Å². The standard InChI is InChI=1S/C21H20ClN5O2S/c1-23-21(24-11-16(28)18-10-14-4-2-3-5-17(14)30-18)25-12-19-26-20(27-29-19)13-6-8-15(22)9-7-13/h2-10,16,28H,11-12H2,1H3,(H2,23,24,25). The highest BCUT2D eigenvalue weighted by Gasteiger charge is 2.13. The predicted octanol–water partition coefficient (Wildman–Crippen LogP) is 4.00. The Morgan fingerprint density at radius 1 is 1.20 bits per heavy atom. The number of fused-ring (bicyclic) bond motifs is 1. The maximum absolute atomic E-state index is 10.5. The van der Waals surface area contributed by atoms with E-state index in [0.717, 1.165) is 20.5 Å². The molecule has 9 heteroatoms. The summed E-state index contributed by atoms with van der Waals surface area (Å²) in [6.45, 7) is 0.631. The number of nitrogens with zero attached hydrogens (tertiary/aromatic N) is 3. The Kier molecular flexibility index (Phi) is 6.27. The maximum atomic E-state index is 10.5. The van der Waals surface area contributed by atoms with Crippen LogP contribution in [0.5, 0.6) is 0 Å². The lowest BCUT2D eigenvalue weighted by Gasteiger charge is -2.13. The van der Waals surface area contributed by atoms with Crippen molar-refractivity contribution >= 4 is 39.0 Å². The van der Waals surface area contributed by atoms with Crippen LogP contribution in [0.25, 0.3) is 21.5 Å². The lowest BCUT2D eigenvalue weighted by atomic mass is 10.2. The number of aliphatic imine (C=N–C) groups is 1. The van der Waals surface area contributed by atoms with Crippen molar-refractivity contribution in [2.75, 3.05) is 13.6 Å². The SMILES string of the molecule is CN=C(NCc1nc(-c2ccc(Cl)cc2)no1)NCC(O)c1cc2ccccc2s1. The van der Waals surface area contributed by atoms with Crippen LogP contribution in [0.3, 0.4) is 0 Å². The minimum absolute atomic E-state index is 0.305. The van der Waals surface area contributed by atoms with Crippen molar-refractivity contribution < 1.29 is 9.63 Å². The molecule has 1 atom stereocenters. The van der Waals surface area contributed by atoms with Crippen LogP contribution in [0, 0.1) is 0 Å². The summed E-state index contributed by atoms with van der Waals surface area (Å²) in [6.07, 6.45) is -0.638. The Bertz CT molecular complexity index is 1120. The van der Waals surface area contributed by atoms with Gasteiger partial charge in [-0.3, -0.25) is 4.99 Å². The van der Waals surface area contributed by atoms with Gasteiger partial charge in [-0.25, -0.2) is 0 Å². The molecular formula is C21H20ClN5O2S. The number of rotatable bonds is 6. The molecule has 0 fully saturated rings. The van der Waals surface area contributed by atoms with Gasteiger partial charge in [0.15, 0.2) is 5.96 Å². The van der Waals surface area contributed by atoms with Crippen LogP contribution in [-0.2, 0) is 6.54 Å². The van der Waals surface area contributed by atoms with Crippen molar-refractivity contribution in [3.8, 4) is 11.4 Å². The Labute approximate surface area is 182 Å². The zero-order chi connectivity index (χ0) is 20.9. The molecule has 154 valence electrons. The number of hydrogen-bond acceptors (Lipinski definition) is 6. The van der Waals surface area contributed by atoms with Gasteiger partial charge in [-0.2, -0.15) is 4.98 Å². The van der Waals surface area contributed by atoms with Gasteiger partial charge in [0, 0.05) is 33.8 Å². The molecule has 7 nitrogen and oxygen atoms in total. The highest BCUT2D eigenvalue weighted by molar-refractivity contribution is 7.19. The number of aliphatic hydroxyl groups excluding tert-OH is 1. The Morgan fingerprint density at radius 2 is 2.00 bits per heavy atom. The molecule has 3 N–H and O–H groups in total. The van der Waals surface area contributed by atoms with E-state index >= 15 is 0 Å². The van der Waals surface area contributed by atoms with Crippen LogP contribution in [-0.4, -0.2) is 34.8 Å². The monoisotopic (exact) mass is 441 g/mol. The number of halogens is 1. The molecule has 0 saturated carbocycles. The highest BCUT2D eigenvalue weighted by Crippen LogP contribution is 2.29. The van der Waals surface area contributed by atoms with E-state index in [1.165, 1.54) is 0 Å². The van der Waals surface area contributed by atoms with E-state index in [1.807, 2.05) is 42.5 Å². The number of benzene rings is 2. The molecule has 0 spiro atoms. The maximum Gasteiger partial charge on any atom is 0.246 e. The quantitative estimate of drug-likeness (QED) is 0.309. The van der Waals surface area contributed by atoms with E-state index in [0.29, 0.717) is 35.8 Å². The van der Waals surface area contributed by atoms with Gasteiger partial charge < -0.3 is 20.3 Å². The minimum Gasteiger partial charge on any atom is -0.386 e. The normalized spacial score (nSPS) is 12.8. The van der Waals surface area contributed by atoms with E-state index in [4.69, 9.17) is 16.1 Å².